The van der Waals surface area contributed by atoms with Crippen LogP contribution in [0.4, 0.5) is 11.4 Å². The van der Waals surface area contributed by atoms with Crippen LogP contribution < -0.4 is 16.4 Å². The number of nitrogens with two attached hydrogens (primary N) is 1. The minimum absolute atomic E-state index is 0.132. The van der Waals surface area contributed by atoms with Crippen LogP contribution in [-0.2, 0) is 9.59 Å². The van der Waals surface area contributed by atoms with E-state index in [-0.39, 0.29) is 28.9 Å². The van der Waals surface area contributed by atoms with Crippen LogP contribution in [0.5, 0.6) is 0 Å². The van der Waals surface area contributed by atoms with Crippen molar-refractivity contribution in [1.29, 1.82) is 0 Å². The van der Waals surface area contributed by atoms with Gasteiger partial charge in [0.2, 0.25) is 11.8 Å². The van der Waals surface area contributed by atoms with Crippen molar-refractivity contribution in [3.8, 4) is 0 Å². The number of nitro benzene ring substituents is 1. The summed E-state index contributed by atoms with van der Waals surface area (Å²) < 4.78 is 0. The first kappa shape index (κ1) is 22.1. The number of nitrogens with zero attached hydrogens (tertiary/aromatic N) is 2. The number of benzene rings is 2. The quantitative estimate of drug-likeness (QED) is 0.317. The van der Waals surface area contributed by atoms with Gasteiger partial charge in [0.25, 0.3) is 23.4 Å². The highest BCUT2D eigenvalue weighted by Gasteiger charge is 2.44. The third-order valence-corrected chi connectivity index (χ3v) is 4.70. The summed E-state index contributed by atoms with van der Waals surface area (Å²) in [7, 11) is 0. The molecule has 0 spiro atoms. The van der Waals surface area contributed by atoms with E-state index in [1.807, 2.05) is 0 Å². The van der Waals surface area contributed by atoms with Gasteiger partial charge in [-0.05, 0) is 31.2 Å². The fourth-order valence-corrected chi connectivity index (χ4v) is 3.16. The van der Waals surface area contributed by atoms with E-state index in [1.54, 1.807) is 0 Å². The van der Waals surface area contributed by atoms with Gasteiger partial charge in [-0.1, -0.05) is 12.1 Å². The van der Waals surface area contributed by atoms with Gasteiger partial charge in [0.05, 0.1) is 17.0 Å². The first-order chi connectivity index (χ1) is 15.1. The largest absolute Gasteiger partial charge is 0.368 e. The Hall–Kier alpha value is -4.61. The van der Waals surface area contributed by atoms with E-state index in [1.165, 1.54) is 43.3 Å². The summed E-state index contributed by atoms with van der Waals surface area (Å²) in [5.41, 5.74) is 4.26. The molecule has 1 aliphatic rings. The van der Waals surface area contributed by atoms with Crippen LogP contribution in [0.2, 0.25) is 0 Å². The van der Waals surface area contributed by atoms with Crippen molar-refractivity contribution >= 4 is 40.9 Å². The molecule has 5 amide bonds. The minimum Gasteiger partial charge on any atom is -0.368 e. The van der Waals surface area contributed by atoms with Gasteiger partial charge in [0, 0.05) is 17.3 Å². The summed E-state index contributed by atoms with van der Waals surface area (Å²) in [6.07, 6.45) is 0. The molecule has 0 saturated heterocycles. The zero-order valence-corrected chi connectivity index (χ0v) is 16.7. The molecule has 1 aliphatic heterocycles. The molecule has 2 aromatic rings. The molecule has 32 heavy (non-hydrogen) atoms. The van der Waals surface area contributed by atoms with Crippen molar-refractivity contribution in [3.63, 3.8) is 0 Å². The molecule has 1 unspecified atom stereocenters. The predicted molar refractivity (Wildman–Crippen MR) is 110 cm³/mol. The monoisotopic (exact) mass is 439 g/mol. The summed E-state index contributed by atoms with van der Waals surface area (Å²) in [4.78, 5) is 72.0. The van der Waals surface area contributed by atoms with Gasteiger partial charge < -0.3 is 16.4 Å². The fraction of sp³-hybridized carbons (Fsp3) is 0.150. The van der Waals surface area contributed by atoms with Crippen LogP contribution in [0, 0.1) is 10.1 Å². The van der Waals surface area contributed by atoms with E-state index in [0.29, 0.717) is 4.90 Å². The summed E-state index contributed by atoms with van der Waals surface area (Å²) in [5.74, 6) is -3.84. The number of primary amides is 1. The van der Waals surface area contributed by atoms with Crippen LogP contribution in [0.3, 0.4) is 0 Å². The van der Waals surface area contributed by atoms with E-state index in [9.17, 15) is 34.1 Å². The third-order valence-electron chi connectivity index (χ3n) is 4.70. The number of amides is 5. The highest BCUT2D eigenvalue weighted by molar-refractivity contribution is 6.24. The predicted octanol–water partition coefficient (Wildman–Crippen LogP) is 0.433. The van der Waals surface area contributed by atoms with Crippen LogP contribution in [0.25, 0.3) is 0 Å². The molecule has 0 fully saturated rings. The van der Waals surface area contributed by atoms with Gasteiger partial charge in [-0.25, -0.2) is 0 Å². The maximum atomic E-state index is 12.7. The number of nitro groups is 1. The lowest BCUT2D eigenvalue weighted by Gasteiger charge is -2.21. The first-order valence-corrected chi connectivity index (χ1v) is 9.24. The molecule has 1 atom stereocenters. The summed E-state index contributed by atoms with van der Waals surface area (Å²) in [6, 6.07) is 8.09. The van der Waals surface area contributed by atoms with Gasteiger partial charge in [-0.3, -0.25) is 39.0 Å². The molecule has 2 aromatic carbocycles. The second kappa shape index (κ2) is 8.63. The Kier molecular flexibility index (Phi) is 5.96. The molecule has 164 valence electrons. The molecule has 4 N–H and O–H groups in total. The highest BCUT2D eigenvalue weighted by atomic mass is 16.6. The molecule has 0 radical (unpaired) electrons. The Balaban J connectivity index is 1.78. The lowest BCUT2D eigenvalue weighted by atomic mass is 10.1. The van der Waals surface area contributed by atoms with Crippen molar-refractivity contribution in [2.45, 2.75) is 13.0 Å². The van der Waals surface area contributed by atoms with Crippen molar-refractivity contribution in [1.82, 2.24) is 10.2 Å². The van der Waals surface area contributed by atoms with Crippen LogP contribution in [0.15, 0.2) is 42.5 Å². The number of anilines is 1. The van der Waals surface area contributed by atoms with Gasteiger partial charge in [-0.15, -0.1) is 0 Å². The van der Waals surface area contributed by atoms with Crippen LogP contribution in [0.1, 0.15) is 38.0 Å². The maximum Gasteiger partial charge on any atom is 0.282 e. The fourth-order valence-electron chi connectivity index (χ4n) is 3.16. The Labute approximate surface area is 180 Å². The first-order valence-electron chi connectivity index (χ1n) is 9.24. The van der Waals surface area contributed by atoms with Crippen molar-refractivity contribution < 1.29 is 28.9 Å². The second-order valence-corrected chi connectivity index (χ2v) is 6.83. The number of imide groups is 1. The topological polar surface area (TPSA) is 182 Å². The highest BCUT2D eigenvalue weighted by Crippen LogP contribution is 2.32. The Bertz CT molecular complexity index is 1180. The van der Waals surface area contributed by atoms with E-state index in [2.05, 4.69) is 10.6 Å². The van der Waals surface area contributed by atoms with E-state index in [0.717, 1.165) is 6.07 Å². The van der Waals surface area contributed by atoms with Crippen molar-refractivity contribution in [2.24, 2.45) is 5.73 Å². The lowest BCUT2D eigenvalue weighted by Crippen LogP contribution is -2.45. The van der Waals surface area contributed by atoms with Gasteiger partial charge in [-0.2, -0.15) is 0 Å². The molecule has 3 rings (SSSR count). The molecule has 0 saturated carbocycles. The summed E-state index contributed by atoms with van der Waals surface area (Å²) >= 11 is 0. The molecule has 1 heterocycles. The van der Waals surface area contributed by atoms with Gasteiger partial charge in [0.15, 0.2) is 0 Å². The zero-order chi connectivity index (χ0) is 23.6. The molecule has 0 aromatic heterocycles. The van der Waals surface area contributed by atoms with Gasteiger partial charge in [0.1, 0.15) is 11.6 Å². The SMILES string of the molecule is CC(C(=O)Nc1cccc(C(=O)NCC(N)=O)c1)N1C(=O)c2cccc([N+](=O)[O-])c2C1=O. The molecular formula is C20H17N5O7. The molecule has 12 heteroatoms. The number of rotatable bonds is 7. The number of carbonyl (C=O) groups excluding carboxylic acids is 5. The Morgan fingerprint density at radius 2 is 1.81 bits per heavy atom. The molecule has 12 nitrogen and oxygen atoms in total. The summed E-state index contributed by atoms with van der Waals surface area (Å²) in [6.45, 7) is 0.935. The lowest BCUT2D eigenvalue weighted by molar-refractivity contribution is -0.385. The van der Waals surface area contributed by atoms with Gasteiger partial charge >= 0.3 is 0 Å². The number of nitrogens with one attached hydrogen (secondary N) is 2. The smallest absolute Gasteiger partial charge is 0.282 e. The standard InChI is InChI=1S/C20H17N5O7/c1-10(24-19(29)13-6-3-7-14(25(31)32)16(13)20(24)30)17(27)23-12-5-2-4-11(8-12)18(28)22-9-15(21)26/h2-8,10H,9H2,1H3,(H2,21,26)(H,22,28)(H,23,27). The molecule has 0 aliphatic carbocycles. The van der Waals surface area contributed by atoms with E-state index >= 15 is 0 Å². The van der Waals surface area contributed by atoms with Crippen molar-refractivity contribution in [3.05, 3.63) is 69.3 Å². The number of fused-ring (bicyclic) bond motifs is 1. The normalized spacial score (nSPS) is 13.3. The van der Waals surface area contributed by atoms with Crippen molar-refractivity contribution in [2.75, 3.05) is 11.9 Å². The average Bonchev–Trinajstić information content (AvgIpc) is 3.01. The van der Waals surface area contributed by atoms with E-state index in [4.69, 9.17) is 5.73 Å². The molecule has 0 bridgehead atoms. The van der Waals surface area contributed by atoms with Crippen LogP contribution in [-0.4, -0.2) is 51.9 Å². The minimum atomic E-state index is -1.30. The zero-order valence-electron chi connectivity index (χ0n) is 16.7. The Morgan fingerprint density at radius 1 is 1.12 bits per heavy atom. The third kappa shape index (κ3) is 4.14. The summed E-state index contributed by atoms with van der Waals surface area (Å²) in [5, 5.41) is 16.0. The second-order valence-electron chi connectivity index (χ2n) is 6.83. The Morgan fingerprint density at radius 3 is 2.47 bits per heavy atom. The van der Waals surface area contributed by atoms with E-state index < -0.39 is 46.2 Å². The average molecular weight is 439 g/mol. The number of hydrogen-bond donors (Lipinski definition) is 3. The number of carbonyl (C=O) groups is 5. The number of hydrogen-bond acceptors (Lipinski definition) is 7. The maximum absolute atomic E-state index is 12.7. The van der Waals surface area contributed by atoms with Crippen LogP contribution >= 0.6 is 0 Å². The molecular weight excluding hydrogens is 422 g/mol.